The molecule has 1 aliphatic rings. The molecule has 1 heterocycles. The number of amides is 2. The molecule has 2 rings (SSSR count). The van der Waals surface area contributed by atoms with Gasteiger partial charge in [0.1, 0.15) is 5.75 Å². The van der Waals surface area contributed by atoms with Crippen molar-refractivity contribution in [1.29, 1.82) is 0 Å². The van der Waals surface area contributed by atoms with E-state index >= 15 is 0 Å². The van der Waals surface area contributed by atoms with Crippen LogP contribution in [0.15, 0.2) is 24.3 Å². The molecule has 0 aromatic heterocycles. The van der Waals surface area contributed by atoms with Crippen molar-refractivity contribution in [2.24, 2.45) is 0 Å². The summed E-state index contributed by atoms with van der Waals surface area (Å²) in [7, 11) is 0. The number of ether oxygens (including phenoxy) is 2. The number of rotatable bonds is 8. The number of piperidine rings is 1. The minimum atomic E-state index is -0.238. The molecule has 2 amide bonds. The molecular weight excluding hydrogens is 334 g/mol. The van der Waals surface area contributed by atoms with Crippen molar-refractivity contribution in [3.63, 3.8) is 0 Å². The Labute approximate surface area is 155 Å². The van der Waals surface area contributed by atoms with Crippen LogP contribution in [0.2, 0.25) is 0 Å². The number of benzene rings is 1. The van der Waals surface area contributed by atoms with E-state index in [4.69, 9.17) is 9.47 Å². The van der Waals surface area contributed by atoms with Crippen LogP contribution in [0.1, 0.15) is 33.1 Å². The van der Waals surface area contributed by atoms with Gasteiger partial charge in [-0.15, -0.1) is 0 Å². The fraction of sp³-hybridized carbons (Fsp3) is 0.579. The first-order chi connectivity index (χ1) is 12.6. The molecular formula is C19H29N3O4. The van der Waals surface area contributed by atoms with Crippen LogP contribution in [0.5, 0.6) is 5.75 Å². The van der Waals surface area contributed by atoms with E-state index in [1.54, 1.807) is 4.90 Å². The zero-order valence-corrected chi connectivity index (χ0v) is 15.6. The lowest BCUT2D eigenvalue weighted by molar-refractivity contribution is -0.116. The minimum Gasteiger partial charge on any atom is -0.492 e. The predicted molar refractivity (Wildman–Crippen MR) is 100 cm³/mol. The lowest BCUT2D eigenvalue weighted by Crippen LogP contribution is -2.45. The topological polar surface area (TPSA) is 79.9 Å². The smallest absolute Gasteiger partial charge is 0.409 e. The number of nitrogens with one attached hydrogen (secondary N) is 2. The largest absolute Gasteiger partial charge is 0.492 e. The van der Waals surface area contributed by atoms with Crippen molar-refractivity contribution in [2.75, 3.05) is 38.2 Å². The highest BCUT2D eigenvalue weighted by molar-refractivity contribution is 5.92. The summed E-state index contributed by atoms with van der Waals surface area (Å²) in [6.45, 7) is 6.65. The third-order valence-corrected chi connectivity index (χ3v) is 4.27. The zero-order chi connectivity index (χ0) is 18.8. The highest BCUT2D eigenvalue weighted by Crippen LogP contribution is 2.23. The molecule has 0 aliphatic carbocycles. The Morgan fingerprint density at radius 3 is 2.58 bits per heavy atom. The summed E-state index contributed by atoms with van der Waals surface area (Å²) >= 11 is 0. The molecule has 0 unspecified atom stereocenters. The number of nitrogens with zero attached hydrogens (tertiary/aromatic N) is 1. The van der Waals surface area contributed by atoms with Gasteiger partial charge >= 0.3 is 6.09 Å². The number of carbonyl (C=O) groups excluding carboxylic acids is 2. The maximum atomic E-state index is 12.1. The van der Waals surface area contributed by atoms with Crippen molar-refractivity contribution in [1.82, 2.24) is 10.2 Å². The van der Waals surface area contributed by atoms with Gasteiger partial charge in [-0.3, -0.25) is 4.79 Å². The second kappa shape index (κ2) is 10.7. The van der Waals surface area contributed by atoms with Gasteiger partial charge in [0, 0.05) is 32.1 Å². The molecule has 7 heteroatoms. The minimum absolute atomic E-state index is 0.0476. The fourth-order valence-electron chi connectivity index (χ4n) is 2.93. The van der Waals surface area contributed by atoms with E-state index in [9.17, 15) is 9.59 Å². The van der Waals surface area contributed by atoms with Crippen molar-refractivity contribution >= 4 is 17.7 Å². The van der Waals surface area contributed by atoms with Crippen molar-refractivity contribution in [3.05, 3.63) is 24.3 Å². The standard InChI is InChI=1S/C19H29N3O4/c1-3-25-17-8-6-5-7-16(17)21-18(23)9-12-20-15-10-13-22(14-11-15)19(24)26-4-2/h5-8,15,20H,3-4,9-14H2,1-2H3,(H,21,23). The number of anilines is 1. The van der Waals surface area contributed by atoms with Gasteiger partial charge in [-0.05, 0) is 38.8 Å². The van der Waals surface area contributed by atoms with Gasteiger partial charge < -0.3 is 25.0 Å². The van der Waals surface area contributed by atoms with Gasteiger partial charge in [0.15, 0.2) is 0 Å². The quantitative estimate of drug-likeness (QED) is 0.742. The van der Waals surface area contributed by atoms with Crippen LogP contribution in [-0.2, 0) is 9.53 Å². The Morgan fingerprint density at radius 2 is 1.88 bits per heavy atom. The zero-order valence-electron chi connectivity index (χ0n) is 15.6. The van der Waals surface area contributed by atoms with E-state index in [2.05, 4.69) is 10.6 Å². The molecule has 0 saturated carbocycles. The summed E-state index contributed by atoms with van der Waals surface area (Å²) in [5.74, 6) is 0.635. The molecule has 0 atom stereocenters. The molecule has 144 valence electrons. The van der Waals surface area contributed by atoms with Gasteiger partial charge in [-0.25, -0.2) is 4.79 Å². The number of para-hydroxylation sites is 2. The van der Waals surface area contributed by atoms with Gasteiger partial charge in [-0.1, -0.05) is 12.1 Å². The number of likely N-dealkylation sites (tertiary alicyclic amines) is 1. The maximum Gasteiger partial charge on any atom is 0.409 e. The van der Waals surface area contributed by atoms with Crippen LogP contribution in [0.25, 0.3) is 0 Å². The number of hydrogen-bond donors (Lipinski definition) is 2. The number of hydrogen-bond acceptors (Lipinski definition) is 5. The molecule has 1 aromatic rings. The average Bonchev–Trinajstić information content (AvgIpc) is 2.64. The van der Waals surface area contributed by atoms with Gasteiger partial charge in [0.2, 0.25) is 5.91 Å². The molecule has 0 radical (unpaired) electrons. The first-order valence-corrected chi connectivity index (χ1v) is 9.30. The normalized spacial score (nSPS) is 14.8. The predicted octanol–water partition coefficient (Wildman–Crippen LogP) is 2.62. The summed E-state index contributed by atoms with van der Waals surface area (Å²) in [6.07, 6.45) is 1.89. The fourth-order valence-corrected chi connectivity index (χ4v) is 2.93. The summed E-state index contributed by atoms with van der Waals surface area (Å²) in [5.41, 5.74) is 0.696. The molecule has 0 bridgehead atoms. The SMILES string of the molecule is CCOC(=O)N1CCC(NCCC(=O)Nc2ccccc2OCC)CC1. The molecule has 1 saturated heterocycles. The van der Waals surface area contributed by atoms with Crippen LogP contribution in [0.3, 0.4) is 0 Å². The molecule has 0 spiro atoms. The second-order valence-corrected chi connectivity index (χ2v) is 6.14. The summed E-state index contributed by atoms with van der Waals surface area (Å²) in [6, 6.07) is 7.75. The van der Waals surface area contributed by atoms with Crippen LogP contribution in [-0.4, -0.2) is 55.8 Å². The van der Waals surface area contributed by atoms with Crippen molar-refractivity contribution in [3.8, 4) is 5.75 Å². The second-order valence-electron chi connectivity index (χ2n) is 6.14. The van der Waals surface area contributed by atoms with Gasteiger partial charge in [0.05, 0.1) is 18.9 Å². The molecule has 2 N–H and O–H groups in total. The lowest BCUT2D eigenvalue weighted by atomic mass is 10.1. The van der Waals surface area contributed by atoms with Crippen molar-refractivity contribution < 1.29 is 19.1 Å². The first kappa shape index (κ1) is 20.0. The van der Waals surface area contributed by atoms with Crippen LogP contribution < -0.4 is 15.4 Å². The Balaban J connectivity index is 1.67. The molecule has 1 aliphatic heterocycles. The Hall–Kier alpha value is -2.28. The van der Waals surface area contributed by atoms with E-state index in [-0.39, 0.29) is 12.0 Å². The Morgan fingerprint density at radius 1 is 1.15 bits per heavy atom. The third-order valence-electron chi connectivity index (χ3n) is 4.27. The highest BCUT2D eigenvalue weighted by atomic mass is 16.6. The van der Waals surface area contributed by atoms with E-state index in [1.165, 1.54) is 0 Å². The number of carbonyl (C=O) groups is 2. The third kappa shape index (κ3) is 6.22. The van der Waals surface area contributed by atoms with Crippen LogP contribution in [0, 0.1) is 0 Å². The first-order valence-electron chi connectivity index (χ1n) is 9.30. The molecule has 1 aromatic carbocycles. The average molecular weight is 363 g/mol. The van der Waals surface area contributed by atoms with Gasteiger partial charge in [-0.2, -0.15) is 0 Å². The summed E-state index contributed by atoms with van der Waals surface area (Å²) < 4.78 is 10.5. The summed E-state index contributed by atoms with van der Waals surface area (Å²) in [4.78, 5) is 25.6. The molecule has 1 fully saturated rings. The monoisotopic (exact) mass is 363 g/mol. The van der Waals surface area contributed by atoms with Crippen LogP contribution in [0.4, 0.5) is 10.5 Å². The highest BCUT2D eigenvalue weighted by Gasteiger charge is 2.23. The molecule has 26 heavy (non-hydrogen) atoms. The molecule has 7 nitrogen and oxygen atoms in total. The van der Waals surface area contributed by atoms with Gasteiger partial charge in [0.25, 0.3) is 0 Å². The Kier molecular flexibility index (Phi) is 8.21. The van der Waals surface area contributed by atoms with Crippen LogP contribution >= 0.6 is 0 Å². The van der Waals surface area contributed by atoms with E-state index < -0.39 is 0 Å². The lowest BCUT2D eigenvalue weighted by Gasteiger charge is -2.31. The van der Waals surface area contributed by atoms with E-state index in [0.717, 1.165) is 12.8 Å². The van der Waals surface area contributed by atoms with E-state index in [0.29, 0.717) is 56.7 Å². The maximum absolute atomic E-state index is 12.1. The van der Waals surface area contributed by atoms with E-state index in [1.807, 2.05) is 38.1 Å². The Bertz CT molecular complexity index is 586. The summed E-state index contributed by atoms with van der Waals surface area (Å²) in [5, 5.41) is 6.29. The van der Waals surface area contributed by atoms with Crippen molar-refractivity contribution in [2.45, 2.75) is 39.2 Å².